The van der Waals surface area contributed by atoms with E-state index in [9.17, 15) is 8.42 Å². The summed E-state index contributed by atoms with van der Waals surface area (Å²) in [7, 11) is -1.38. The van der Waals surface area contributed by atoms with Crippen LogP contribution >= 0.6 is 0 Å². The number of hydrogen-bond acceptors (Lipinski definition) is 3. The number of likely N-dealkylation sites (N-methyl/N-ethyl adjacent to an activating group) is 1. The van der Waals surface area contributed by atoms with Gasteiger partial charge < -0.3 is 5.32 Å². The highest BCUT2D eigenvalue weighted by Crippen LogP contribution is 2.12. The summed E-state index contributed by atoms with van der Waals surface area (Å²) >= 11 is 0. The lowest BCUT2D eigenvalue weighted by molar-refractivity contribution is 0.543. The molecule has 0 bridgehead atoms. The molecule has 0 radical (unpaired) electrons. The molecular formula is C7H18N2O2S. The summed E-state index contributed by atoms with van der Waals surface area (Å²) in [5.74, 6) is 0. The van der Waals surface area contributed by atoms with E-state index >= 15 is 0 Å². The van der Waals surface area contributed by atoms with Crippen molar-refractivity contribution >= 4 is 10.0 Å². The van der Waals surface area contributed by atoms with Gasteiger partial charge in [-0.2, -0.15) is 0 Å². The molecule has 0 fully saturated rings. The van der Waals surface area contributed by atoms with Gasteiger partial charge >= 0.3 is 0 Å². The topological polar surface area (TPSA) is 58.2 Å². The highest BCUT2D eigenvalue weighted by molar-refractivity contribution is 7.90. The molecule has 0 aromatic heterocycles. The molecule has 0 amide bonds. The van der Waals surface area contributed by atoms with E-state index in [1.807, 2.05) is 0 Å². The van der Waals surface area contributed by atoms with Crippen molar-refractivity contribution in [2.24, 2.45) is 0 Å². The second-order valence-electron chi connectivity index (χ2n) is 3.61. The number of hydrogen-bond donors (Lipinski definition) is 2. The van der Waals surface area contributed by atoms with Crippen LogP contribution in [-0.2, 0) is 10.0 Å². The molecule has 5 heteroatoms. The Bertz CT molecular complexity index is 216. The van der Waals surface area contributed by atoms with Gasteiger partial charge in [-0.25, -0.2) is 13.1 Å². The van der Waals surface area contributed by atoms with Gasteiger partial charge in [-0.1, -0.05) is 0 Å². The Labute approximate surface area is 74.8 Å². The van der Waals surface area contributed by atoms with Gasteiger partial charge in [-0.3, -0.25) is 0 Å². The van der Waals surface area contributed by atoms with E-state index in [1.165, 1.54) is 0 Å². The Hall–Kier alpha value is -0.130. The molecule has 0 aliphatic heterocycles. The highest BCUT2D eigenvalue weighted by atomic mass is 32.2. The van der Waals surface area contributed by atoms with Gasteiger partial charge in [0.25, 0.3) is 0 Å². The fourth-order valence-electron chi connectivity index (χ4n) is 0.527. The van der Waals surface area contributed by atoms with E-state index in [-0.39, 0.29) is 0 Å². The summed E-state index contributed by atoms with van der Waals surface area (Å²) in [5, 5.41) is 2.86. The van der Waals surface area contributed by atoms with Crippen LogP contribution in [0.1, 0.15) is 20.8 Å². The fourth-order valence-corrected chi connectivity index (χ4v) is 1.33. The first-order valence-corrected chi connectivity index (χ1v) is 5.43. The van der Waals surface area contributed by atoms with Crippen LogP contribution in [0.15, 0.2) is 0 Å². The van der Waals surface area contributed by atoms with Crippen molar-refractivity contribution < 1.29 is 8.42 Å². The minimum atomic E-state index is -3.16. The Balaban J connectivity index is 4.08. The normalized spacial score (nSPS) is 13.3. The minimum absolute atomic E-state index is 0.441. The summed E-state index contributed by atoms with van der Waals surface area (Å²) in [6.07, 6.45) is 0. The molecule has 74 valence electrons. The quantitative estimate of drug-likeness (QED) is 0.616. The monoisotopic (exact) mass is 194 g/mol. The zero-order valence-corrected chi connectivity index (χ0v) is 8.96. The lowest BCUT2D eigenvalue weighted by atomic mass is 10.3. The molecule has 0 atom stereocenters. The molecule has 0 rings (SSSR count). The van der Waals surface area contributed by atoms with Gasteiger partial charge in [0.15, 0.2) is 0 Å². The Morgan fingerprint density at radius 2 is 1.67 bits per heavy atom. The summed E-state index contributed by atoms with van der Waals surface area (Å²) in [4.78, 5) is 0. The maximum atomic E-state index is 11.4. The zero-order chi connectivity index (χ0) is 9.83. The lowest BCUT2D eigenvalue weighted by Crippen LogP contribution is -2.41. The summed E-state index contributed by atoms with van der Waals surface area (Å²) in [6.45, 7) is 6.11. The van der Waals surface area contributed by atoms with Crippen molar-refractivity contribution in [1.82, 2.24) is 10.0 Å². The van der Waals surface area contributed by atoms with Crippen LogP contribution in [0.3, 0.4) is 0 Å². The van der Waals surface area contributed by atoms with Crippen LogP contribution in [-0.4, -0.2) is 33.3 Å². The molecule has 0 saturated carbocycles. The van der Waals surface area contributed by atoms with Crippen molar-refractivity contribution in [1.29, 1.82) is 0 Å². The number of sulfonamides is 1. The molecule has 0 aromatic carbocycles. The van der Waals surface area contributed by atoms with Crippen molar-refractivity contribution in [2.45, 2.75) is 25.5 Å². The molecule has 0 unspecified atom stereocenters. The van der Waals surface area contributed by atoms with E-state index in [0.717, 1.165) is 0 Å². The highest BCUT2D eigenvalue weighted by Gasteiger charge is 2.27. The van der Waals surface area contributed by atoms with Gasteiger partial charge in [0.05, 0.1) is 4.75 Å². The second kappa shape index (κ2) is 4.20. The third kappa shape index (κ3) is 3.51. The summed E-state index contributed by atoms with van der Waals surface area (Å²) in [5.41, 5.74) is 0. The van der Waals surface area contributed by atoms with Crippen LogP contribution in [0, 0.1) is 0 Å². The molecule has 12 heavy (non-hydrogen) atoms. The molecule has 0 saturated heterocycles. The summed E-state index contributed by atoms with van der Waals surface area (Å²) < 4.78 is 24.6. The number of rotatable bonds is 4. The molecule has 0 spiro atoms. The van der Waals surface area contributed by atoms with Gasteiger partial charge in [0, 0.05) is 13.1 Å². The summed E-state index contributed by atoms with van der Waals surface area (Å²) in [6, 6.07) is 0. The zero-order valence-electron chi connectivity index (χ0n) is 8.14. The Morgan fingerprint density at radius 1 is 1.17 bits per heavy atom. The van der Waals surface area contributed by atoms with E-state index in [0.29, 0.717) is 13.1 Å². The van der Waals surface area contributed by atoms with Crippen LogP contribution < -0.4 is 10.0 Å². The Morgan fingerprint density at radius 3 is 2.00 bits per heavy atom. The maximum Gasteiger partial charge on any atom is 0.216 e. The molecule has 2 N–H and O–H groups in total. The molecule has 0 aliphatic carbocycles. The largest absolute Gasteiger partial charge is 0.318 e. The van der Waals surface area contributed by atoms with Gasteiger partial charge in [-0.05, 0) is 27.8 Å². The first kappa shape index (κ1) is 11.9. The fraction of sp³-hybridized carbons (Fsp3) is 1.00. The van der Waals surface area contributed by atoms with Crippen LogP contribution in [0.4, 0.5) is 0 Å². The first-order valence-electron chi connectivity index (χ1n) is 3.95. The Kier molecular flexibility index (Phi) is 4.16. The SMILES string of the molecule is CNCCNS(=O)(=O)C(C)(C)C. The van der Waals surface area contributed by atoms with Crippen LogP contribution in [0.2, 0.25) is 0 Å². The molecule has 4 nitrogen and oxygen atoms in total. The van der Waals surface area contributed by atoms with Crippen LogP contribution in [0.25, 0.3) is 0 Å². The van der Waals surface area contributed by atoms with Crippen molar-refractivity contribution in [3.05, 3.63) is 0 Å². The van der Waals surface area contributed by atoms with Crippen molar-refractivity contribution in [3.63, 3.8) is 0 Å². The maximum absolute atomic E-state index is 11.4. The standard InChI is InChI=1S/C7H18N2O2S/c1-7(2,3)12(10,11)9-6-5-8-4/h8-9H,5-6H2,1-4H3. The van der Waals surface area contributed by atoms with E-state index in [4.69, 9.17) is 0 Å². The van der Waals surface area contributed by atoms with E-state index in [2.05, 4.69) is 10.0 Å². The lowest BCUT2D eigenvalue weighted by Gasteiger charge is -2.19. The first-order chi connectivity index (χ1) is 5.31. The van der Waals surface area contributed by atoms with Gasteiger partial charge in [0.1, 0.15) is 0 Å². The average Bonchev–Trinajstić information content (AvgIpc) is 1.85. The number of nitrogens with one attached hydrogen (secondary N) is 2. The predicted molar refractivity (Wildman–Crippen MR) is 50.6 cm³/mol. The second-order valence-corrected chi connectivity index (χ2v) is 6.13. The van der Waals surface area contributed by atoms with Gasteiger partial charge in [-0.15, -0.1) is 0 Å². The van der Waals surface area contributed by atoms with Crippen molar-refractivity contribution in [3.8, 4) is 0 Å². The average molecular weight is 194 g/mol. The third-order valence-electron chi connectivity index (χ3n) is 1.47. The van der Waals surface area contributed by atoms with E-state index < -0.39 is 14.8 Å². The molecule has 0 heterocycles. The molecule has 0 aliphatic rings. The van der Waals surface area contributed by atoms with E-state index in [1.54, 1.807) is 27.8 Å². The predicted octanol–water partition coefficient (Wildman–Crippen LogP) is -0.0763. The molecular weight excluding hydrogens is 176 g/mol. The van der Waals surface area contributed by atoms with Crippen molar-refractivity contribution in [2.75, 3.05) is 20.1 Å². The molecule has 0 aromatic rings. The third-order valence-corrected chi connectivity index (χ3v) is 3.67. The van der Waals surface area contributed by atoms with Crippen LogP contribution in [0.5, 0.6) is 0 Å². The van der Waals surface area contributed by atoms with Gasteiger partial charge in [0.2, 0.25) is 10.0 Å². The minimum Gasteiger partial charge on any atom is -0.318 e. The smallest absolute Gasteiger partial charge is 0.216 e.